The molecule has 0 radical (unpaired) electrons. The summed E-state index contributed by atoms with van der Waals surface area (Å²) in [5.41, 5.74) is 6.71. The number of hydrogen-bond acceptors (Lipinski definition) is 2. The lowest BCUT2D eigenvalue weighted by molar-refractivity contribution is 0.468. The molecule has 3 N–H and O–H groups in total. The zero-order valence-corrected chi connectivity index (χ0v) is 8.55. The Morgan fingerprint density at radius 3 is 2.54 bits per heavy atom. The van der Waals surface area contributed by atoms with Crippen LogP contribution >= 0.6 is 11.6 Å². The van der Waals surface area contributed by atoms with Gasteiger partial charge in [0.25, 0.3) is 0 Å². The Labute approximate surface area is 83.3 Å². The summed E-state index contributed by atoms with van der Waals surface area (Å²) in [6, 6.07) is 4.71. The minimum Gasteiger partial charge on any atom is -0.508 e. The van der Waals surface area contributed by atoms with Crippen molar-refractivity contribution in [3.63, 3.8) is 0 Å². The van der Waals surface area contributed by atoms with E-state index in [2.05, 4.69) is 0 Å². The predicted molar refractivity (Wildman–Crippen MR) is 54.9 cm³/mol. The summed E-state index contributed by atoms with van der Waals surface area (Å²) >= 11 is 5.94. The zero-order valence-electron chi connectivity index (χ0n) is 7.79. The van der Waals surface area contributed by atoms with Gasteiger partial charge in [0.15, 0.2) is 0 Å². The molecule has 1 aromatic carbocycles. The molecule has 1 rings (SSSR count). The van der Waals surface area contributed by atoms with Crippen molar-refractivity contribution in [2.45, 2.75) is 19.9 Å². The van der Waals surface area contributed by atoms with Gasteiger partial charge in [-0.05, 0) is 29.7 Å². The Bertz CT molecular complexity index is 299. The summed E-state index contributed by atoms with van der Waals surface area (Å²) in [6.45, 7) is 4.04. The summed E-state index contributed by atoms with van der Waals surface area (Å²) in [5, 5.41) is 9.86. The second-order valence-corrected chi connectivity index (χ2v) is 3.88. The van der Waals surface area contributed by atoms with E-state index >= 15 is 0 Å². The van der Waals surface area contributed by atoms with E-state index in [9.17, 15) is 5.11 Å². The van der Waals surface area contributed by atoms with Crippen molar-refractivity contribution >= 4 is 11.6 Å². The molecule has 0 amide bonds. The van der Waals surface area contributed by atoms with E-state index in [0.717, 1.165) is 5.56 Å². The van der Waals surface area contributed by atoms with Gasteiger partial charge in [0.2, 0.25) is 0 Å². The van der Waals surface area contributed by atoms with Crippen LogP contribution in [0.3, 0.4) is 0 Å². The van der Waals surface area contributed by atoms with Crippen LogP contribution in [0.1, 0.15) is 25.5 Å². The van der Waals surface area contributed by atoms with Crippen molar-refractivity contribution in [2.75, 3.05) is 0 Å². The topological polar surface area (TPSA) is 46.2 Å². The molecule has 0 aliphatic carbocycles. The van der Waals surface area contributed by atoms with E-state index in [1.165, 1.54) is 0 Å². The molecule has 0 unspecified atom stereocenters. The first kappa shape index (κ1) is 10.4. The third kappa shape index (κ3) is 2.36. The van der Waals surface area contributed by atoms with Gasteiger partial charge in [-0.25, -0.2) is 0 Å². The molecule has 0 heterocycles. The van der Waals surface area contributed by atoms with Gasteiger partial charge in [-0.3, -0.25) is 0 Å². The molecule has 0 aliphatic heterocycles. The number of benzene rings is 1. The first-order chi connectivity index (χ1) is 6.02. The Balaban J connectivity index is 3.05. The van der Waals surface area contributed by atoms with Crippen LogP contribution in [0.4, 0.5) is 0 Å². The number of nitrogens with two attached hydrogens (primary N) is 1. The highest BCUT2D eigenvalue weighted by Crippen LogP contribution is 2.29. The molecule has 2 nitrogen and oxygen atoms in total. The molecule has 0 saturated carbocycles. The normalized spacial score (nSPS) is 13.3. The number of halogens is 1. The second kappa shape index (κ2) is 3.99. The minimum atomic E-state index is -0.125. The first-order valence-corrected chi connectivity index (χ1v) is 4.64. The predicted octanol–water partition coefficient (Wildman–Crippen LogP) is 2.70. The van der Waals surface area contributed by atoms with Gasteiger partial charge >= 0.3 is 0 Å². The molecule has 0 aromatic heterocycles. The molecule has 0 fully saturated rings. The molecule has 1 atom stereocenters. The van der Waals surface area contributed by atoms with Gasteiger partial charge in [-0.15, -0.1) is 0 Å². The lowest BCUT2D eigenvalue weighted by Gasteiger charge is -2.17. The third-order valence-electron chi connectivity index (χ3n) is 2.06. The fraction of sp³-hybridized carbons (Fsp3) is 0.400. The van der Waals surface area contributed by atoms with Gasteiger partial charge in [0.05, 0.1) is 0 Å². The Kier molecular flexibility index (Phi) is 3.17. The van der Waals surface area contributed by atoms with E-state index in [1.54, 1.807) is 18.2 Å². The Hall–Kier alpha value is -0.730. The van der Waals surface area contributed by atoms with Gasteiger partial charge in [0.1, 0.15) is 5.75 Å². The summed E-state index contributed by atoms with van der Waals surface area (Å²) < 4.78 is 0. The van der Waals surface area contributed by atoms with E-state index in [4.69, 9.17) is 17.3 Å². The van der Waals surface area contributed by atoms with E-state index in [1.807, 2.05) is 13.8 Å². The van der Waals surface area contributed by atoms with Crippen molar-refractivity contribution in [2.24, 2.45) is 11.7 Å². The molecule has 72 valence electrons. The SMILES string of the molecule is CC(C)[C@H](N)c1cc(O)ccc1Cl. The van der Waals surface area contributed by atoms with Crippen LogP contribution in [0.25, 0.3) is 0 Å². The molecule has 0 spiro atoms. The van der Waals surface area contributed by atoms with Crippen molar-refractivity contribution in [3.05, 3.63) is 28.8 Å². The highest BCUT2D eigenvalue weighted by atomic mass is 35.5. The Morgan fingerprint density at radius 1 is 1.38 bits per heavy atom. The fourth-order valence-electron chi connectivity index (χ4n) is 1.15. The van der Waals surface area contributed by atoms with Gasteiger partial charge < -0.3 is 10.8 Å². The molecule has 1 aromatic rings. The van der Waals surface area contributed by atoms with Crippen LogP contribution < -0.4 is 5.73 Å². The average Bonchev–Trinajstić information content (AvgIpc) is 2.08. The molecule has 0 saturated heterocycles. The van der Waals surface area contributed by atoms with E-state index in [0.29, 0.717) is 10.9 Å². The fourth-order valence-corrected chi connectivity index (χ4v) is 1.39. The summed E-state index contributed by atoms with van der Waals surface area (Å²) in [6.07, 6.45) is 0. The van der Waals surface area contributed by atoms with Crippen LogP contribution in [0.5, 0.6) is 5.75 Å². The highest BCUT2D eigenvalue weighted by molar-refractivity contribution is 6.31. The number of aromatic hydroxyl groups is 1. The van der Waals surface area contributed by atoms with Crippen molar-refractivity contribution in [1.29, 1.82) is 0 Å². The van der Waals surface area contributed by atoms with E-state index in [-0.39, 0.29) is 11.8 Å². The van der Waals surface area contributed by atoms with Gasteiger partial charge in [-0.1, -0.05) is 25.4 Å². The van der Waals surface area contributed by atoms with Crippen LogP contribution in [0.2, 0.25) is 5.02 Å². The number of phenols is 1. The van der Waals surface area contributed by atoms with Crippen LogP contribution in [0.15, 0.2) is 18.2 Å². The number of rotatable bonds is 2. The maximum atomic E-state index is 9.25. The highest BCUT2D eigenvalue weighted by Gasteiger charge is 2.14. The second-order valence-electron chi connectivity index (χ2n) is 3.48. The molecule has 0 aliphatic rings. The summed E-state index contributed by atoms with van der Waals surface area (Å²) in [4.78, 5) is 0. The molecular formula is C10H14ClNO. The lowest BCUT2D eigenvalue weighted by Crippen LogP contribution is -2.16. The molecule has 0 bridgehead atoms. The van der Waals surface area contributed by atoms with Crippen molar-refractivity contribution in [1.82, 2.24) is 0 Å². The minimum absolute atomic E-state index is 0.125. The molecular weight excluding hydrogens is 186 g/mol. The van der Waals surface area contributed by atoms with Crippen molar-refractivity contribution in [3.8, 4) is 5.75 Å². The average molecular weight is 200 g/mol. The first-order valence-electron chi connectivity index (χ1n) is 4.26. The lowest BCUT2D eigenvalue weighted by atomic mass is 9.97. The van der Waals surface area contributed by atoms with Crippen molar-refractivity contribution < 1.29 is 5.11 Å². The number of phenolic OH excluding ortho intramolecular Hbond substituents is 1. The number of hydrogen-bond donors (Lipinski definition) is 2. The molecule has 3 heteroatoms. The van der Waals surface area contributed by atoms with Crippen LogP contribution in [-0.4, -0.2) is 5.11 Å². The zero-order chi connectivity index (χ0) is 10.0. The third-order valence-corrected chi connectivity index (χ3v) is 2.40. The van der Waals surface area contributed by atoms with E-state index < -0.39 is 0 Å². The van der Waals surface area contributed by atoms with Crippen LogP contribution in [-0.2, 0) is 0 Å². The Morgan fingerprint density at radius 2 is 2.00 bits per heavy atom. The van der Waals surface area contributed by atoms with Gasteiger partial charge in [-0.2, -0.15) is 0 Å². The quantitative estimate of drug-likeness (QED) is 0.770. The largest absolute Gasteiger partial charge is 0.508 e. The standard InChI is InChI=1S/C10H14ClNO/c1-6(2)10(12)8-5-7(13)3-4-9(8)11/h3-6,10,13H,12H2,1-2H3/t10-/m0/s1. The monoisotopic (exact) mass is 199 g/mol. The van der Waals surface area contributed by atoms with Crippen LogP contribution in [0, 0.1) is 5.92 Å². The summed E-state index contributed by atoms with van der Waals surface area (Å²) in [5.74, 6) is 0.509. The smallest absolute Gasteiger partial charge is 0.116 e. The maximum absolute atomic E-state index is 9.25. The van der Waals surface area contributed by atoms with Gasteiger partial charge in [0, 0.05) is 11.1 Å². The molecule has 13 heavy (non-hydrogen) atoms. The summed E-state index contributed by atoms with van der Waals surface area (Å²) in [7, 11) is 0. The maximum Gasteiger partial charge on any atom is 0.116 e.